The number of aromatic nitrogens is 7. The molecule has 0 atom stereocenters. The van der Waals surface area contributed by atoms with E-state index in [2.05, 4.69) is 55.3 Å². The topological polar surface area (TPSA) is 88.2 Å². The van der Waals surface area contributed by atoms with Gasteiger partial charge in [-0.25, -0.2) is 9.97 Å². The molecular weight excluding hydrogens is 318 g/mol. The third kappa shape index (κ3) is 3.09. The molecule has 3 aromatic rings. The molecule has 9 heteroatoms. The first kappa shape index (κ1) is 15.7. The summed E-state index contributed by atoms with van der Waals surface area (Å²) in [5.41, 5.74) is 1.67. The Morgan fingerprint density at radius 3 is 2.40 bits per heavy atom. The molecule has 25 heavy (non-hydrogen) atoms. The van der Waals surface area contributed by atoms with Crippen LogP contribution in [0.3, 0.4) is 0 Å². The van der Waals surface area contributed by atoms with Crippen LogP contribution in [0.1, 0.15) is 31.3 Å². The minimum absolute atomic E-state index is 0.326. The van der Waals surface area contributed by atoms with Crippen LogP contribution in [0.4, 0.5) is 11.6 Å². The molecule has 3 aromatic heterocycles. The molecule has 9 nitrogen and oxygen atoms in total. The molecule has 0 aromatic carbocycles. The van der Waals surface area contributed by atoms with Crippen LogP contribution in [0.2, 0.25) is 0 Å². The maximum Gasteiger partial charge on any atom is 0.200 e. The number of fused-ring (bicyclic) bond motifs is 1. The summed E-state index contributed by atoms with van der Waals surface area (Å²) in [4.78, 5) is 13.8. The molecule has 1 aliphatic heterocycles. The zero-order valence-corrected chi connectivity index (χ0v) is 14.7. The number of aryl methyl sites for hydroxylation is 1. The van der Waals surface area contributed by atoms with Crippen molar-refractivity contribution in [3.63, 3.8) is 0 Å². The quantitative estimate of drug-likeness (QED) is 0.700. The summed E-state index contributed by atoms with van der Waals surface area (Å²) in [5, 5.41) is 15.8. The zero-order chi connectivity index (χ0) is 17.4. The fraction of sp³-hybridized carbons (Fsp3) is 0.500. The van der Waals surface area contributed by atoms with Crippen LogP contribution in [0.25, 0.3) is 5.65 Å². The molecule has 0 saturated carbocycles. The van der Waals surface area contributed by atoms with Crippen molar-refractivity contribution in [2.24, 2.45) is 0 Å². The maximum atomic E-state index is 4.74. The van der Waals surface area contributed by atoms with Crippen LogP contribution >= 0.6 is 0 Å². The lowest BCUT2D eigenvalue weighted by Gasteiger charge is -2.36. The molecule has 0 bridgehead atoms. The molecule has 130 valence electrons. The number of tetrazole rings is 1. The molecule has 1 fully saturated rings. The van der Waals surface area contributed by atoms with Crippen LogP contribution in [0.15, 0.2) is 18.2 Å². The summed E-state index contributed by atoms with van der Waals surface area (Å²) in [6.45, 7) is 9.81. The van der Waals surface area contributed by atoms with E-state index in [1.165, 1.54) is 4.63 Å². The van der Waals surface area contributed by atoms with Crippen molar-refractivity contribution in [3.05, 3.63) is 29.7 Å². The number of hydrogen-bond donors (Lipinski definition) is 0. The van der Waals surface area contributed by atoms with E-state index in [0.717, 1.165) is 49.3 Å². The average Bonchev–Trinajstić information content (AvgIpc) is 3.09. The van der Waals surface area contributed by atoms with Crippen LogP contribution in [-0.2, 0) is 0 Å². The zero-order valence-electron chi connectivity index (χ0n) is 14.7. The van der Waals surface area contributed by atoms with Gasteiger partial charge in [0.15, 0.2) is 11.5 Å². The first-order valence-electron chi connectivity index (χ1n) is 8.51. The summed E-state index contributed by atoms with van der Waals surface area (Å²) in [5.74, 6) is 3.14. The first-order chi connectivity index (χ1) is 12.1. The van der Waals surface area contributed by atoms with Gasteiger partial charge in [0, 0.05) is 43.9 Å². The van der Waals surface area contributed by atoms with E-state index in [1.807, 2.05) is 19.1 Å². The molecule has 0 N–H and O–H groups in total. The molecule has 1 saturated heterocycles. The Hall–Kier alpha value is -2.84. The predicted octanol–water partition coefficient (Wildman–Crippen LogP) is 1.07. The van der Waals surface area contributed by atoms with Gasteiger partial charge < -0.3 is 9.80 Å². The summed E-state index contributed by atoms with van der Waals surface area (Å²) in [7, 11) is 0. The van der Waals surface area contributed by atoms with E-state index in [0.29, 0.717) is 11.6 Å². The van der Waals surface area contributed by atoms with Crippen molar-refractivity contribution in [1.29, 1.82) is 0 Å². The van der Waals surface area contributed by atoms with Gasteiger partial charge in [-0.3, -0.25) is 0 Å². The highest BCUT2D eigenvalue weighted by Gasteiger charge is 2.21. The number of anilines is 2. The van der Waals surface area contributed by atoms with Crippen molar-refractivity contribution >= 4 is 17.3 Å². The fourth-order valence-corrected chi connectivity index (χ4v) is 2.97. The Morgan fingerprint density at radius 2 is 1.68 bits per heavy atom. The van der Waals surface area contributed by atoms with E-state index < -0.39 is 0 Å². The van der Waals surface area contributed by atoms with Gasteiger partial charge in [0.05, 0.1) is 0 Å². The van der Waals surface area contributed by atoms with Crippen LogP contribution < -0.4 is 9.80 Å². The average molecular weight is 339 g/mol. The predicted molar refractivity (Wildman–Crippen MR) is 93.9 cm³/mol. The van der Waals surface area contributed by atoms with Crippen molar-refractivity contribution in [3.8, 4) is 0 Å². The second kappa shape index (κ2) is 6.23. The third-order valence-electron chi connectivity index (χ3n) is 4.36. The molecule has 1 aliphatic rings. The van der Waals surface area contributed by atoms with Gasteiger partial charge >= 0.3 is 0 Å². The highest BCUT2D eigenvalue weighted by Crippen LogP contribution is 2.20. The monoisotopic (exact) mass is 339 g/mol. The smallest absolute Gasteiger partial charge is 0.200 e. The van der Waals surface area contributed by atoms with Gasteiger partial charge in [-0.2, -0.15) is 0 Å². The van der Waals surface area contributed by atoms with Crippen LogP contribution in [0.5, 0.6) is 0 Å². The summed E-state index contributed by atoms with van der Waals surface area (Å²) in [6, 6.07) is 5.91. The van der Waals surface area contributed by atoms with Crippen molar-refractivity contribution in [2.45, 2.75) is 26.7 Å². The fourth-order valence-electron chi connectivity index (χ4n) is 2.97. The largest absolute Gasteiger partial charge is 0.353 e. The maximum absolute atomic E-state index is 4.74. The van der Waals surface area contributed by atoms with E-state index in [4.69, 9.17) is 4.98 Å². The molecule has 0 spiro atoms. The normalized spacial score (nSPS) is 15.4. The number of hydrogen-bond acceptors (Lipinski definition) is 8. The molecule has 0 aliphatic carbocycles. The third-order valence-corrected chi connectivity index (χ3v) is 4.36. The molecule has 0 amide bonds. The van der Waals surface area contributed by atoms with Gasteiger partial charge in [0.25, 0.3) is 0 Å². The Morgan fingerprint density at radius 1 is 0.960 bits per heavy atom. The first-order valence-corrected chi connectivity index (χ1v) is 8.51. The summed E-state index contributed by atoms with van der Waals surface area (Å²) in [6.07, 6.45) is 0. The van der Waals surface area contributed by atoms with Crippen LogP contribution in [0, 0.1) is 6.92 Å². The van der Waals surface area contributed by atoms with Gasteiger partial charge in [-0.05, 0) is 29.5 Å². The molecule has 4 heterocycles. The van der Waals surface area contributed by atoms with Gasteiger partial charge in [-0.15, -0.1) is 14.8 Å². The lowest BCUT2D eigenvalue weighted by molar-refractivity contribution is 0.624. The second-order valence-electron chi connectivity index (χ2n) is 6.57. The van der Waals surface area contributed by atoms with E-state index in [9.17, 15) is 0 Å². The van der Waals surface area contributed by atoms with Crippen molar-refractivity contribution in [1.82, 2.24) is 35.2 Å². The number of piperazine rings is 1. The lowest BCUT2D eigenvalue weighted by atomic mass is 10.2. The Balaban J connectivity index is 1.49. The van der Waals surface area contributed by atoms with E-state index in [1.54, 1.807) is 0 Å². The Labute approximate surface area is 145 Å². The molecule has 0 radical (unpaired) electrons. The minimum atomic E-state index is 0.326. The highest BCUT2D eigenvalue weighted by atomic mass is 15.6. The molecular formula is C16H21N9. The van der Waals surface area contributed by atoms with Gasteiger partial charge in [0.1, 0.15) is 11.6 Å². The highest BCUT2D eigenvalue weighted by molar-refractivity contribution is 5.47. The van der Waals surface area contributed by atoms with E-state index in [-0.39, 0.29) is 0 Å². The summed E-state index contributed by atoms with van der Waals surface area (Å²) < 4.78 is 1.46. The minimum Gasteiger partial charge on any atom is -0.353 e. The number of nitrogens with zero attached hydrogens (tertiary/aromatic N) is 9. The van der Waals surface area contributed by atoms with Gasteiger partial charge in [0.2, 0.25) is 0 Å². The number of rotatable bonds is 3. The lowest BCUT2D eigenvalue weighted by Crippen LogP contribution is -2.47. The summed E-state index contributed by atoms with van der Waals surface area (Å²) >= 11 is 0. The molecule has 4 rings (SSSR count). The SMILES string of the molecule is Cc1cc(N2CCN(c3ccc4nnnn4n3)CC2)nc(C(C)C)n1. The second-order valence-corrected chi connectivity index (χ2v) is 6.57. The molecule has 0 unspecified atom stereocenters. The standard InChI is InChI=1S/C16H21N9/c1-11(2)16-17-12(3)10-15(18-16)24-8-6-23(7-9-24)14-5-4-13-19-21-22-25(13)20-14/h4-5,10-11H,6-9H2,1-3H3. The van der Waals surface area contributed by atoms with Crippen molar-refractivity contribution < 1.29 is 0 Å². The van der Waals surface area contributed by atoms with Crippen molar-refractivity contribution in [2.75, 3.05) is 36.0 Å². The Kier molecular flexibility index (Phi) is 3.90. The Bertz CT molecular complexity index is 880. The van der Waals surface area contributed by atoms with Gasteiger partial charge in [-0.1, -0.05) is 13.8 Å². The van der Waals surface area contributed by atoms with E-state index >= 15 is 0 Å². The van der Waals surface area contributed by atoms with Crippen LogP contribution in [-0.4, -0.2) is 61.4 Å².